The van der Waals surface area contributed by atoms with Crippen LogP contribution in [0.5, 0.6) is 5.75 Å². The fourth-order valence-corrected chi connectivity index (χ4v) is 4.94. The summed E-state index contributed by atoms with van der Waals surface area (Å²) < 4.78 is 13.4. The van der Waals surface area contributed by atoms with E-state index in [1.54, 1.807) is 36.4 Å². The second kappa shape index (κ2) is 7.80. The zero-order valence-electron chi connectivity index (χ0n) is 19.6. The molecule has 184 valence electrons. The lowest BCUT2D eigenvalue weighted by molar-refractivity contribution is -0.0769. The predicted octanol–water partition coefficient (Wildman–Crippen LogP) is 3.20. The SMILES string of the molecule is COc1ccc2c(c1)C(=O)N([C@]1(c3cc4nc(-c5ccc6nccn6c5)ccc4o3)CONC(=O)N1)C2. The van der Waals surface area contributed by atoms with Gasteiger partial charge in [0.05, 0.1) is 12.8 Å². The van der Waals surface area contributed by atoms with Crippen molar-refractivity contribution in [2.24, 2.45) is 0 Å². The van der Waals surface area contributed by atoms with Crippen molar-refractivity contribution in [3.8, 4) is 17.0 Å². The average molecular weight is 496 g/mol. The summed E-state index contributed by atoms with van der Waals surface area (Å²) in [6.45, 7) is 0.183. The van der Waals surface area contributed by atoms with E-state index in [0.29, 0.717) is 28.2 Å². The maximum absolute atomic E-state index is 13.6. The molecule has 0 radical (unpaired) electrons. The molecule has 4 aromatic heterocycles. The summed E-state index contributed by atoms with van der Waals surface area (Å²) in [5.41, 5.74) is 5.79. The first kappa shape index (κ1) is 21.4. The molecule has 1 atom stereocenters. The number of hydroxylamine groups is 1. The van der Waals surface area contributed by atoms with Crippen molar-refractivity contribution in [3.05, 3.63) is 84.0 Å². The maximum atomic E-state index is 13.6. The fourth-order valence-electron chi connectivity index (χ4n) is 4.94. The third-order valence-corrected chi connectivity index (χ3v) is 6.81. The van der Waals surface area contributed by atoms with Crippen molar-refractivity contribution in [2.45, 2.75) is 12.2 Å². The summed E-state index contributed by atoms with van der Waals surface area (Å²) >= 11 is 0. The van der Waals surface area contributed by atoms with Crippen LogP contribution in [0.4, 0.5) is 4.79 Å². The number of hydrogen-bond acceptors (Lipinski definition) is 7. The highest BCUT2D eigenvalue weighted by atomic mass is 16.7. The molecule has 3 amide bonds. The van der Waals surface area contributed by atoms with Gasteiger partial charge >= 0.3 is 6.03 Å². The lowest BCUT2D eigenvalue weighted by atomic mass is 10.1. The van der Waals surface area contributed by atoms with E-state index in [1.807, 2.05) is 47.1 Å². The number of rotatable bonds is 4. The minimum absolute atomic E-state index is 0.0699. The molecule has 0 spiro atoms. The minimum atomic E-state index is -1.39. The van der Waals surface area contributed by atoms with Crippen LogP contribution >= 0.6 is 0 Å². The van der Waals surface area contributed by atoms with Crippen LogP contribution in [0.25, 0.3) is 28.0 Å². The summed E-state index contributed by atoms with van der Waals surface area (Å²) in [6.07, 6.45) is 5.56. The number of nitrogens with zero attached hydrogens (tertiary/aromatic N) is 4. The number of methoxy groups -OCH3 is 1. The van der Waals surface area contributed by atoms with Crippen LogP contribution in [0.3, 0.4) is 0 Å². The Bertz CT molecular complexity index is 1730. The minimum Gasteiger partial charge on any atom is -0.497 e. The normalized spacial score (nSPS) is 19.2. The van der Waals surface area contributed by atoms with E-state index in [2.05, 4.69) is 15.8 Å². The standard InChI is InChI=1S/C26H20N6O5/c1-35-17-4-2-15-13-32(24(33)18(15)10-17)26(14-36-30-25(34)29-26)22-11-20-21(37-22)6-5-19(28-20)16-3-7-23-27-8-9-31(23)12-16/h2-12H,13-14H2,1H3,(H2,29,30,34)/t26-/m0/s1. The van der Waals surface area contributed by atoms with E-state index in [1.165, 1.54) is 0 Å². The van der Waals surface area contributed by atoms with Crippen molar-refractivity contribution >= 4 is 28.7 Å². The highest BCUT2D eigenvalue weighted by Crippen LogP contribution is 2.39. The first-order chi connectivity index (χ1) is 18.0. The van der Waals surface area contributed by atoms with E-state index in [0.717, 1.165) is 22.5 Å². The first-order valence-electron chi connectivity index (χ1n) is 11.6. The van der Waals surface area contributed by atoms with Gasteiger partial charge in [0.25, 0.3) is 5.91 Å². The molecule has 0 bridgehead atoms. The number of pyridine rings is 2. The Kier molecular flexibility index (Phi) is 4.51. The molecule has 0 saturated carbocycles. The molecule has 1 aromatic carbocycles. The molecule has 37 heavy (non-hydrogen) atoms. The second-order valence-electron chi connectivity index (χ2n) is 8.92. The average Bonchev–Trinajstić information content (AvgIpc) is 3.65. The van der Waals surface area contributed by atoms with Gasteiger partial charge in [-0.25, -0.2) is 20.2 Å². The van der Waals surface area contributed by atoms with Gasteiger partial charge in [0.15, 0.2) is 11.3 Å². The number of hydrogen-bond donors (Lipinski definition) is 2. The van der Waals surface area contributed by atoms with Crippen LogP contribution in [-0.2, 0) is 17.0 Å². The highest BCUT2D eigenvalue weighted by molar-refractivity contribution is 5.99. The Balaban J connectivity index is 1.31. The van der Waals surface area contributed by atoms with Gasteiger partial charge in [-0.3, -0.25) is 9.63 Å². The third-order valence-electron chi connectivity index (χ3n) is 6.81. The molecule has 6 heterocycles. The molecule has 1 fully saturated rings. The lowest BCUT2D eigenvalue weighted by Gasteiger charge is -2.42. The third kappa shape index (κ3) is 3.24. The van der Waals surface area contributed by atoms with Gasteiger partial charge in [-0.15, -0.1) is 0 Å². The van der Waals surface area contributed by atoms with Crippen LogP contribution < -0.4 is 15.5 Å². The fraction of sp³-hybridized carbons (Fsp3) is 0.154. The van der Waals surface area contributed by atoms with Crippen LogP contribution in [0.1, 0.15) is 21.7 Å². The zero-order chi connectivity index (χ0) is 25.1. The van der Waals surface area contributed by atoms with Crippen molar-refractivity contribution in [1.29, 1.82) is 0 Å². The number of ether oxygens (including phenoxy) is 1. The number of benzene rings is 1. The number of urea groups is 1. The molecule has 2 aliphatic heterocycles. The number of amides is 3. The van der Waals surface area contributed by atoms with Gasteiger partial charge in [0.1, 0.15) is 23.5 Å². The monoisotopic (exact) mass is 496 g/mol. The number of aromatic nitrogens is 3. The van der Waals surface area contributed by atoms with Gasteiger partial charge in [-0.1, -0.05) is 6.07 Å². The van der Waals surface area contributed by atoms with E-state index in [4.69, 9.17) is 19.0 Å². The largest absolute Gasteiger partial charge is 0.497 e. The Labute approximate surface area is 209 Å². The van der Waals surface area contributed by atoms with E-state index < -0.39 is 11.7 Å². The predicted molar refractivity (Wildman–Crippen MR) is 130 cm³/mol. The molecule has 7 rings (SSSR count). The molecular weight excluding hydrogens is 476 g/mol. The van der Waals surface area contributed by atoms with Gasteiger partial charge in [-0.2, -0.15) is 0 Å². The lowest BCUT2D eigenvalue weighted by Crippen LogP contribution is -2.66. The molecule has 1 saturated heterocycles. The van der Waals surface area contributed by atoms with E-state index in [9.17, 15) is 9.59 Å². The van der Waals surface area contributed by atoms with Crippen LogP contribution in [0, 0.1) is 0 Å². The van der Waals surface area contributed by atoms with E-state index in [-0.39, 0.29) is 19.1 Å². The van der Waals surface area contributed by atoms with Crippen molar-refractivity contribution in [2.75, 3.05) is 13.7 Å². The summed E-state index contributed by atoms with van der Waals surface area (Å²) in [5.74, 6) is 0.630. The molecule has 2 N–H and O–H groups in total. The number of furan rings is 1. The quantitative estimate of drug-likeness (QED) is 0.392. The van der Waals surface area contributed by atoms with E-state index >= 15 is 0 Å². The summed E-state index contributed by atoms with van der Waals surface area (Å²) in [6, 6.07) is 14.0. The Morgan fingerprint density at radius 1 is 1.11 bits per heavy atom. The molecule has 5 aromatic rings. The summed E-state index contributed by atoms with van der Waals surface area (Å²) in [5, 5.41) is 2.87. The first-order valence-corrected chi connectivity index (χ1v) is 11.6. The molecule has 2 aliphatic rings. The highest BCUT2D eigenvalue weighted by Gasteiger charge is 2.51. The van der Waals surface area contributed by atoms with Crippen LogP contribution in [0.2, 0.25) is 0 Å². The topological polar surface area (TPSA) is 123 Å². The number of carbonyl (C=O) groups is 2. The molecule has 11 heteroatoms. The summed E-state index contributed by atoms with van der Waals surface area (Å²) in [4.78, 5) is 42.0. The van der Waals surface area contributed by atoms with Gasteiger partial charge in [0, 0.05) is 42.3 Å². The zero-order valence-corrected chi connectivity index (χ0v) is 19.6. The Hall–Kier alpha value is -4.90. The van der Waals surface area contributed by atoms with Gasteiger partial charge in [0.2, 0.25) is 5.66 Å². The molecule has 11 nitrogen and oxygen atoms in total. The van der Waals surface area contributed by atoms with Crippen molar-refractivity contribution in [3.63, 3.8) is 0 Å². The van der Waals surface area contributed by atoms with Gasteiger partial charge < -0.3 is 23.8 Å². The second-order valence-corrected chi connectivity index (χ2v) is 8.92. The number of fused-ring (bicyclic) bond motifs is 3. The molecular formula is C26H20N6O5. The van der Waals surface area contributed by atoms with Crippen LogP contribution in [-0.4, -0.2) is 44.9 Å². The smallest absolute Gasteiger partial charge is 0.340 e. The van der Waals surface area contributed by atoms with Crippen LogP contribution in [0.15, 0.2) is 71.5 Å². The molecule has 0 unspecified atom stereocenters. The Morgan fingerprint density at radius 3 is 2.89 bits per heavy atom. The maximum Gasteiger partial charge on any atom is 0.340 e. The summed E-state index contributed by atoms with van der Waals surface area (Å²) in [7, 11) is 1.55. The van der Waals surface area contributed by atoms with Crippen molar-refractivity contribution in [1.82, 2.24) is 30.1 Å². The van der Waals surface area contributed by atoms with Gasteiger partial charge in [-0.05, 0) is 42.0 Å². The number of nitrogens with one attached hydrogen (secondary N) is 2. The number of imidazole rings is 1. The molecule has 0 aliphatic carbocycles. The Morgan fingerprint density at radius 2 is 2.03 bits per heavy atom. The number of carbonyl (C=O) groups excluding carboxylic acids is 2. The van der Waals surface area contributed by atoms with Crippen molar-refractivity contribution < 1.29 is 23.6 Å².